The molecule has 0 saturated carbocycles. The van der Waals surface area contributed by atoms with Gasteiger partial charge in [-0.25, -0.2) is 8.42 Å². The number of fused-ring (bicyclic) bond motifs is 2. The molecule has 39 heavy (non-hydrogen) atoms. The van der Waals surface area contributed by atoms with Gasteiger partial charge in [0.2, 0.25) is 9.84 Å². The minimum absolute atomic E-state index is 0.000564. The number of anilines is 2. The summed E-state index contributed by atoms with van der Waals surface area (Å²) in [7, 11) is -4.13. The average molecular weight is 582 g/mol. The summed E-state index contributed by atoms with van der Waals surface area (Å²) in [5.41, 5.74) is 0.564. The van der Waals surface area contributed by atoms with E-state index in [9.17, 15) is 28.1 Å². The Morgan fingerprint density at radius 3 is 2.41 bits per heavy atom. The van der Waals surface area contributed by atoms with E-state index in [2.05, 4.69) is 5.32 Å². The summed E-state index contributed by atoms with van der Waals surface area (Å²) < 4.78 is 27.3. The summed E-state index contributed by atoms with van der Waals surface area (Å²) >= 11 is 12.3. The lowest BCUT2D eigenvalue weighted by molar-refractivity contribution is -0.384. The number of carbonyl (C=O) groups excluding carboxylic acids is 2. The van der Waals surface area contributed by atoms with Crippen molar-refractivity contribution >= 4 is 61.9 Å². The third-order valence-corrected chi connectivity index (χ3v) is 8.50. The van der Waals surface area contributed by atoms with Crippen molar-refractivity contribution in [1.82, 2.24) is 0 Å². The van der Waals surface area contributed by atoms with E-state index in [1.807, 2.05) is 0 Å². The van der Waals surface area contributed by atoms with Gasteiger partial charge in [0.1, 0.15) is 0 Å². The summed E-state index contributed by atoms with van der Waals surface area (Å²) in [5.74, 6) is -1.23. The van der Waals surface area contributed by atoms with Gasteiger partial charge >= 0.3 is 0 Å². The Bertz CT molecular complexity index is 1790. The normalized spacial score (nSPS) is 13.7. The zero-order chi connectivity index (χ0) is 27.9. The van der Waals surface area contributed by atoms with Gasteiger partial charge in [0, 0.05) is 22.7 Å². The third-order valence-electron chi connectivity index (χ3n) is 6.09. The van der Waals surface area contributed by atoms with Crippen LogP contribution < -0.4 is 10.2 Å². The van der Waals surface area contributed by atoms with Gasteiger partial charge in [-0.05, 0) is 54.1 Å². The van der Waals surface area contributed by atoms with Crippen LogP contribution >= 0.6 is 23.2 Å². The molecule has 0 fully saturated rings. The fourth-order valence-electron chi connectivity index (χ4n) is 4.24. The fraction of sp³-hybridized carbons (Fsp3) is 0.0370. The van der Waals surface area contributed by atoms with E-state index in [1.165, 1.54) is 53.4 Å². The second kappa shape index (κ2) is 10.1. The van der Waals surface area contributed by atoms with Gasteiger partial charge < -0.3 is 10.2 Å². The van der Waals surface area contributed by atoms with E-state index in [1.54, 1.807) is 30.3 Å². The van der Waals surface area contributed by atoms with E-state index in [4.69, 9.17) is 23.2 Å². The Balaban J connectivity index is 1.61. The Kier molecular flexibility index (Phi) is 6.85. The molecular formula is C27H17Cl2N3O6S. The number of amides is 2. The van der Waals surface area contributed by atoms with E-state index >= 15 is 0 Å². The number of hydrogen-bond acceptors (Lipinski definition) is 6. The molecule has 1 heterocycles. The molecular weight excluding hydrogens is 565 g/mol. The number of benzene rings is 4. The highest BCUT2D eigenvalue weighted by molar-refractivity contribution is 7.91. The first-order chi connectivity index (χ1) is 18.6. The largest absolute Gasteiger partial charge is 0.321 e. The average Bonchev–Trinajstić information content (AvgIpc) is 2.97. The van der Waals surface area contributed by atoms with Crippen LogP contribution in [0.5, 0.6) is 0 Å². The van der Waals surface area contributed by atoms with E-state index < -0.39 is 26.6 Å². The maximum Gasteiger partial charge on any atom is 0.271 e. The van der Waals surface area contributed by atoms with Crippen LogP contribution in [0.1, 0.15) is 26.3 Å². The van der Waals surface area contributed by atoms with Crippen LogP contribution in [0.25, 0.3) is 0 Å². The van der Waals surface area contributed by atoms with Crippen molar-refractivity contribution < 1.29 is 22.9 Å². The van der Waals surface area contributed by atoms with Crippen molar-refractivity contribution in [3.63, 3.8) is 0 Å². The van der Waals surface area contributed by atoms with Gasteiger partial charge in [0.05, 0.1) is 43.2 Å². The summed E-state index contributed by atoms with van der Waals surface area (Å²) in [6, 6.07) is 20.2. The second-order valence-electron chi connectivity index (χ2n) is 8.58. The molecule has 4 aromatic rings. The smallest absolute Gasteiger partial charge is 0.271 e. The van der Waals surface area contributed by atoms with E-state index in [0.717, 1.165) is 6.07 Å². The van der Waals surface area contributed by atoms with Crippen molar-refractivity contribution in [2.75, 3.05) is 10.2 Å². The van der Waals surface area contributed by atoms with Crippen molar-refractivity contribution in [1.29, 1.82) is 0 Å². The minimum atomic E-state index is -4.13. The number of hydrogen-bond donors (Lipinski definition) is 1. The molecule has 0 bridgehead atoms. The van der Waals surface area contributed by atoms with E-state index in [0.29, 0.717) is 10.6 Å². The zero-order valence-corrected chi connectivity index (χ0v) is 22.1. The molecule has 2 amide bonds. The Hall–Kier alpha value is -4.25. The molecule has 0 aliphatic carbocycles. The number of nitrogens with one attached hydrogen (secondary N) is 1. The molecule has 1 aliphatic rings. The molecule has 9 nitrogen and oxygen atoms in total. The van der Waals surface area contributed by atoms with Crippen LogP contribution in [0.2, 0.25) is 10.0 Å². The molecule has 0 spiro atoms. The molecule has 12 heteroatoms. The highest BCUT2D eigenvalue weighted by Gasteiger charge is 2.36. The topological polar surface area (TPSA) is 127 Å². The van der Waals surface area contributed by atoms with Gasteiger partial charge in [-0.3, -0.25) is 19.7 Å². The molecule has 0 unspecified atom stereocenters. The number of sulfone groups is 1. The third kappa shape index (κ3) is 4.97. The van der Waals surface area contributed by atoms with E-state index in [-0.39, 0.29) is 49.5 Å². The van der Waals surface area contributed by atoms with Crippen molar-refractivity contribution in [2.24, 2.45) is 0 Å². The summed E-state index contributed by atoms with van der Waals surface area (Å²) in [6.07, 6.45) is 0. The van der Waals surface area contributed by atoms with Crippen LogP contribution in [0.15, 0.2) is 94.7 Å². The minimum Gasteiger partial charge on any atom is -0.321 e. The molecule has 1 N–H and O–H groups in total. The molecule has 0 radical (unpaired) electrons. The first-order valence-corrected chi connectivity index (χ1v) is 13.6. The van der Waals surface area contributed by atoms with Gasteiger partial charge in [0.15, 0.2) is 0 Å². The number of carbonyl (C=O) groups is 2. The zero-order valence-electron chi connectivity index (χ0n) is 19.8. The van der Waals surface area contributed by atoms with Crippen LogP contribution in [0.3, 0.4) is 0 Å². The number of non-ortho nitro benzene ring substituents is 1. The Labute approximate surface area is 232 Å². The molecule has 0 aromatic heterocycles. The number of nitro groups is 1. The molecule has 0 saturated heterocycles. The van der Waals surface area contributed by atoms with Crippen LogP contribution in [0, 0.1) is 10.1 Å². The number of rotatable bonds is 5. The predicted molar refractivity (Wildman–Crippen MR) is 146 cm³/mol. The SMILES string of the molecule is O=C(Nc1ccc([N+](=O)[O-])cc1Cl)c1ccc2c(c1)N(Cc1cccc(Cl)c1)C(=O)c1ccccc1S2(=O)=O. The summed E-state index contributed by atoms with van der Waals surface area (Å²) in [4.78, 5) is 38.3. The molecule has 1 aliphatic heterocycles. The summed E-state index contributed by atoms with van der Waals surface area (Å²) in [5, 5.41) is 13.9. The quantitative estimate of drug-likeness (QED) is 0.222. The number of halogens is 2. The van der Waals surface area contributed by atoms with Gasteiger partial charge in [0.25, 0.3) is 17.5 Å². The van der Waals surface area contributed by atoms with Crippen LogP contribution in [-0.4, -0.2) is 25.2 Å². The highest BCUT2D eigenvalue weighted by Crippen LogP contribution is 2.38. The number of nitrogens with zero attached hydrogens (tertiary/aromatic N) is 2. The maximum atomic E-state index is 13.7. The first-order valence-electron chi connectivity index (χ1n) is 11.4. The lowest BCUT2D eigenvalue weighted by Gasteiger charge is -2.23. The predicted octanol–water partition coefficient (Wildman–Crippen LogP) is 6.15. The second-order valence-corrected chi connectivity index (χ2v) is 11.3. The van der Waals surface area contributed by atoms with Crippen LogP contribution in [-0.2, 0) is 16.4 Å². The number of nitro benzene ring substituents is 1. The van der Waals surface area contributed by atoms with Gasteiger partial charge in [-0.15, -0.1) is 0 Å². The van der Waals surface area contributed by atoms with Crippen molar-refractivity contribution in [3.05, 3.63) is 122 Å². The monoisotopic (exact) mass is 581 g/mol. The lowest BCUT2D eigenvalue weighted by Crippen LogP contribution is -2.30. The highest BCUT2D eigenvalue weighted by atomic mass is 35.5. The Morgan fingerprint density at radius 1 is 0.923 bits per heavy atom. The standard InChI is InChI=1S/C27H17Cl2N3O6S/c28-18-5-3-4-16(12-18)15-31-23-13-17(26(33)30-22-10-9-19(32(35)36)14-21(22)29)8-11-25(23)39(37,38)24-7-2-1-6-20(24)27(31)34/h1-14H,15H2,(H,30,33). The Morgan fingerprint density at radius 2 is 1.69 bits per heavy atom. The van der Waals surface area contributed by atoms with Gasteiger partial charge in [-0.2, -0.15) is 0 Å². The van der Waals surface area contributed by atoms with Crippen molar-refractivity contribution in [2.45, 2.75) is 16.3 Å². The molecule has 0 atom stereocenters. The fourth-order valence-corrected chi connectivity index (χ4v) is 6.30. The first kappa shape index (κ1) is 26.4. The summed E-state index contributed by atoms with van der Waals surface area (Å²) in [6.45, 7) is -0.0184. The molecule has 196 valence electrons. The maximum absolute atomic E-state index is 13.7. The molecule has 5 rings (SSSR count). The van der Waals surface area contributed by atoms with Gasteiger partial charge in [-0.1, -0.05) is 47.5 Å². The lowest BCUT2D eigenvalue weighted by atomic mass is 10.1. The van der Waals surface area contributed by atoms with Crippen molar-refractivity contribution in [3.8, 4) is 0 Å². The molecule has 4 aromatic carbocycles. The van der Waals surface area contributed by atoms with Crippen LogP contribution in [0.4, 0.5) is 17.1 Å².